The van der Waals surface area contributed by atoms with Gasteiger partial charge in [0.05, 0.1) is 55.8 Å². The van der Waals surface area contributed by atoms with Crippen LogP contribution in [0.3, 0.4) is 0 Å². The number of carboxylic acids is 1. The molecule has 5 aliphatic carbocycles. The monoisotopic (exact) mass is 1050 g/mol. The maximum Gasteiger partial charge on any atom is 0.397 e. The average molecular weight is 1050 g/mol. The molecule has 0 radical (unpaired) electrons. The van der Waals surface area contributed by atoms with Crippen LogP contribution < -0.4 is 0 Å². The van der Waals surface area contributed by atoms with Gasteiger partial charge in [-0.1, -0.05) is 39.8 Å². The first-order chi connectivity index (χ1) is 33.5. The molecular weight excluding hydrogens is 977 g/mol. The molecule has 4 aliphatic heterocycles. The molecule has 23 nitrogen and oxygen atoms in total. The van der Waals surface area contributed by atoms with Gasteiger partial charge in [0.25, 0.3) is 0 Å². The number of hydrogen-bond acceptors (Lipinski definition) is 21. The van der Waals surface area contributed by atoms with Crippen molar-refractivity contribution >= 4 is 16.4 Å². The van der Waals surface area contributed by atoms with Gasteiger partial charge in [0.15, 0.2) is 18.9 Å². The predicted molar refractivity (Wildman–Crippen MR) is 242 cm³/mol. The second kappa shape index (κ2) is 18.8. The lowest BCUT2D eigenvalue weighted by molar-refractivity contribution is -0.397. The number of hydrogen-bond donors (Lipinski definition) is 12. The summed E-state index contributed by atoms with van der Waals surface area (Å²) in [5.74, 6) is -1.41. The molecule has 1 spiro atoms. The summed E-state index contributed by atoms with van der Waals surface area (Å²) in [5, 5.41) is 121. The standard InChI is InChI=1S/C48H76O23S/c1-21-29(53)36(69-39-34(58)32(56)35(23(18-50)67-39)71-72(61,62)63)37(70-38-33(57)31(55)30(54)22(17-49)66-38)40(65-21)68-28-9-10-43(3)24(44(28,4)19-51)7-11-45(5)25(43)8-12-48-26-15-42(2,41(59)60)13-14-47(26,20-64-48)27(52)16-46(45,48)6/h8,12,21-40,49-58H,7,9-11,13-20H2,1-6H3,(H,59,60)(H,61,62,63)/t21-,22-,23-,24+,25+,26-,27+,28+,29+,30-,31+,32-,33-,34-,35-,36+,37-,38+,39+,40+,42+,43+,44+,45-,46+,47-,48+/m1/s1. The summed E-state index contributed by atoms with van der Waals surface area (Å²) in [5.41, 5.74) is -4.96. The third-order valence-corrected chi connectivity index (χ3v) is 21.0. The van der Waals surface area contributed by atoms with Gasteiger partial charge in [0.1, 0.15) is 67.1 Å². The number of aliphatic hydroxyl groups is 10. The Morgan fingerprint density at radius 2 is 1.33 bits per heavy atom. The molecule has 4 saturated heterocycles. The van der Waals surface area contributed by atoms with Crippen LogP contribution in [0.25, 0.3) is 0 Å². The minimum Gasteiger partial charge on any atom is -0.481 e. The number of carbonyl (C=O) groups is 1. The molecule has 0 aromatic heterocycles. The zero-order valence-electron chi connectivity index (χ0n) is 41.5. The van der Waals surface area contributed by atoms with E-state index in [2.05, 4.69) is 37.1 Å². The Morgan fingerprint density at radius 3 is 1.96 bits per heavy atom. The average Bonchev–Trinajstić information content (AvgIpc) is 3.60. The molecule has 2 bridgehead atoms. The number of ether oxygens (including phenoxy) is 7. The van der Waals surface area contributed by atoms with Crippen LogP contribution in [0, 0.1) is 50.2 Å². The minimum absolute atomic E-state index is 0.104. The second-order valence-corrected chi connectivity index (χ2v) is 25.0. The van der Waals surface area contributed by atoms with Crippen LogP contribution >= 0.6 is 0 Å². The largest absolute Gasteiger partial charge is 0.481 e. The molecule has 0 unspecified atom stereocenters. The molecule has 27 atom stereocenters. The number of aliphatic carboxylic acids is 1. The summed E-state index contributed by atoms with van der Waals surface area (Å²) in [7, 11) is -5.25. The molecule has 12 N–H and O–H groups in total. The van der Waals surface area contributed by atoms with Gasteiger partial charge < -0.3 is 89.3 Å². The molecular formula is C48H76O23S. The summed E-state index contributed by atoms with van der Waals surface area (Å²) >= 11 is 0. The molecule has 9 aliphatic rings. The lowest BCUT2D eigenvalue weighted by Crippen LogP contribution is -2.73. The Morgan fingerprint density at radius 1 is 0.694 bits per heavy atom. The summed E-state index contributed by atoms with van der Waals surface area (Å²) in [4.78, 5) is 12.7. The van der Waals surface area contributed by atoms with Crippen LogP contribution in [0.5, 0.6) is 0 Å². The quantitative estimate of drug-likeness (QED) is 0.0601. The highest BCUT2D eigenvalue weighted by Crippen LogP contribution is 2.79. The third kappa shape index (κ3) is 8.06. The first-order valence-electron chi connectivity index (χ1n) is 25.3. The minimum atomic E-state index is -5.25. The van der Waals surface area contributed by atoms with E-state index in [0.29, 0.717) is 58.0 Å². The van der Waals surface area contributed by atoms with Crippen LogP contribution in [-0.4, -0.2) is 211 Å². The number of carboxylic acid groups (broad SMARTS) is 1. The molecule has 9 rings (SSSR count). The zero-order valence-corrected chi connectivity index (χ0v) is 42.3. The Balaban J connectivity index is 1.03. The third-order valence-electron chi connectivity index (χ3n) is 20.5. The van der Waals surface area contributed by atoms with Crippen molar-refractivity contribution in [3.63, 3.8) is 0 Å². The molecule has 412 valence electrons. The maximum absolute atomic E-state index is 12.7. The van der Waals surface area contributed by atoms with E-state index >= 15 is 0 Å². The lowest BCUT2D eigenvalue weighted by Gasteiger charge is -2.73. The number of allylic oxidation sites excluding steroid dienone is 1. The topological polar surface area (TPSA) is 368 Å². The van der Waals surface area contributed by atoms with E-state index in [1.54, 1.807) is 6.92 Å². The van der Waals surface area contributed by atoms with Crippen molar-refractivity contribution in [2.75, 3.05) is 26.4 Å². The molecule has 0 aromatic carbocycles. The molecule has 4 heterocycles. The zero-order chi connectivity index (χ0) is 52.7. The molecule has 0 amide bonds. The summed E-state index contributed by atoms with van der Waals surface area (Å²) in [6, 6.07) is 0. The number of rotatable bonds is 12. The molecule has 72 heavy (non-hydrogen) atoms. The number of aliphatic hydroxyl groups excluding tert-OH is 10. The van der Waals surface area contributed by atoms with Gasteiger partial charge in [-0.25, -0.2) is 4.18 Å². The van der Waals surface area contributed by atoms with Crippen LogP contribution in [0.15, 0.2) is 12.2 Å². The summed E-state index contributed by atoms with van der Waals surface area (Å²) in [6.45, 7) is 9.99. The van der Waals surface area contributed by atoms with Crippen molar-refractivity contribution in [2.24, 2.45) is 50.2 Å². The van der Waals surface area contributed by atoms with E-state index in [1.165, 1.54) is 6.92 Å². The maximum atomic E-state index is 12.7. The Kier molecular flexibility index (Phi) is 14.4. The fourth-order valence-corrected chi connectivity index (χ4v) is 16.6. The van der Waals surface area contributed by atoms with Gasteiger partial charge in [-0.3, -0.25) is 9.35 Å². The fourth-order valence-electron chi connectivity index (χ4n) is 16.0. The van der Waals surface area contributed by atoms with Gasteiger partial charge in [0.2, 0.25) is 0 Å². The second-order valence-electron chi connectivity index (χ2n) is 24.0. The van der Waals surface area contributed by atoms with Crippen LogP contribution in [0.1, 0.15) is 92.9 Å². The smallest absolute Gasteiger partial charge is 0.397 e. The first-order valence-corrected chi connectivity index (χ1v) is 26.7. The van der Waals surface area contributed by atoms with E-state index < -0.39 is 172 Å². The van der Waals surface area contributed by atoms with Crippen LogP contribution in [-0.2, 0) is 52.5 Å². The van der Waals surface area contributed by atoms with E-state index in [-0.39, 0.29) is 24.4 Å². The van der Waals surface area contributed by atoms with Gasteiger partial charge in [0, 0.05) is 22.2 Å². The molecule has 0 aromatic rings. The predicted octanol–water partition coefficient (Wildman–Crippen LogP) is -1.51. The van der Waals surface area contributed by atoms with Gasteiger partial charge in [-0.2, -0.15) is 8.42 Å². The summed E-state index contributed by atoms with van der Waals surface area (Å²) < 4.78 is 81.1. The van der Waals surface area contributed by atoms with Crippen molar-refractivity contribution < 1.29 is 111 Å². The fraction of sp³-hybridized carbons (Fsp3) is 0.938. The van der Waals surface area contributed by atoms with E-state index in [1.807, 2.05) is 6.92 Å². The van der Waals surface area contributed by atoms with Crippen LogP contribution in [0.2, 0.25) is 0 Å². The van der Waals surface area contributed by atoms with Gasteiger partial charge in [-0.05, 0) is 87.9 Å². The van der Waals surface area contributed by atoms with Crippen LogP contribution in [0.4, 0.5) is 0 Å². The van der Waals surface area contributed by atoms with E-state index in [4.69, 9.17) is 33.2 Å². The van der Waals surface area contributed by atoms with Crippen molar-refractivity contribution in [3.8, 4) is 0 Å². The van der Waals surface area contributed by atoms with Crippen molar-refractivity contribution in [1.82, 2.24) is 0 Å². The van der Waals surface area contributed by atoms with Crippen molar-refractivity contribution in [2.45, 2.75) is 203 Å². The first kappa shape index (κ1) is 55.2. The molecule has 24 heteroatoms. The highest BCUT2D eigenvalue weighted by Gasteiger charge is 2.79. The SMILES string of the molecule is C[C@H]1O[C@@H](O[C@H]2CC[C@@]3(C)[C@H](CC[C@]4(C)[C@H]3C=C[C@]35OC[C@@]6(CC[C@](C)(C(=O)O)C[C@H]63)[C@@H](O)C[C@]54C)[C@]2(C)CO)[C@H](O[C@@H]2O[C@H](CO)[C@@H](O)[C@H](O)[C@H]2O)[C@@H](O[C@@H]2O[C@H](CO)[C@@H](OS(=O)(=O)O)[C@H](O)[C@H]2O)[C@H]1O. The Hall–Kier alpha value is -1.60. The van der Waals surface area contributed by atoms with Gasteiger partial charge >= 0.3 is 16.4 Å². The highest BCUT2D eigenvalue weighted by atomic mass is 32.3. The van der Waals surface area contributed by atoms with Gasteiger partial charge in [-0.15, -0.1) is 0 Å². The Labute approximate surface area is 418 Å². The Bertz CT molecular complexity index is 2170. The summed E-state index contributed by atoms with van der Waals surface area (Å²) in [6.07, 6.45) is -20.2. The van der Waals surface area contributed by atoms with E-state index in [0.717, 1.165) is 0 Å². The van der Waals surface area contributed by atoms with E-state index in [9.17, 15) is 73.9 Å². The van der Waals surface area contributed by atoms with Crippen molar-refractivity contribution in [1.29, 1.82) is 0 Å². The normalized spacial score (nSPS) is 56.3. The lowest BCUT2D eigenvalue weighted by atomic mass is 9.32. The molecule has 8 fully saturated rings. The number of fused-ring (bicyclic) bond motifs is 4. The molecule has 4 saturated carbocycles. The highest BCUT2D eigenvalue weighted by molar-refractivity contribution is 7.80. The van der Waals surface area contributed by atoms with Crippen molar-refractivity contribution in [3.05, 3.63) is 12.2 Å².